The molecule has 90 valence electrons. The number of hydrogen-bond donors (Lipinski definition) is 0. The van der Waals surface area contributed by atoms with Crippen molar-refractivity contribution in [2.45, 2.75) is 0 Å². The van der Waals surface area contributed by atoms with Gasteiger partial charge in [-0.1, -0.05) is 30.3 Å². The molecule has 2 rings (SSSR count). The van der Waals surface area contributed by atoms with Gasteiger partial charge in [0.05, 0.1) is 13.2 Å². The molecule has 0 aromatic heterocycles. The Morgan fingerprint density at radius 2 is 1.94 bits per heavy atom. The molecule has 0 bridgehead atoms. The Balaban J connectivity index is 1.93. The summed E-state index contributed by atoms with van der Waals surface area (Å²) in [6, 6.07) is 10.0. The molecule has 1 saturated heterocycles. The predicted octanol–water partition coefficient (Wildman–Crippen LogP) is 2.58. The van der Waals surface area contributed by atoms with E-state index in [9.17, 15) is 0 Å². The fourth-order valence-corrected chi connectivity index (χ4v) is 1.80. The van der Waals surface area contributed by atoms with Gasteiger partial charge < -0.3 is 9.64 Å². The Bertz CT molecular complexity index is 397. The Morgan fingerprint density at radius 1 is 1.24 bits per heavy atom. The Labute approximate surface area is 106 Å². The van der Waals surface area contributed by atoms with Gasteiger partial charge in [0.2, 0.25) is 0 Å². The highest BCUT2D eigenvalue weighted by atomic mass is 35.5. The molecule has 0 spiro atoms. The van der Waals surface area contributed by atoms with E-state index in [0.717, 1.165) is 18.7 Å². The zero-order chi connectivity index (χ0) is 11.9. The minimum absolute atomic E-state index is 0.528. The zero-order valence-electron chi connectivity index (χ0n) is 9.55. The Hall–Kier alpha value is -1.32. The molecule has 1 aromatic rings. The second-order valence-electron chi connectivity index (χ2n) is 3.72. The van der Waals surface area contributed by atoms with E-state index in [4.69, 9.17) is 16.3 Å². The second kappa shape index (κ2) is 6.42. The number of benzene rings is 1. The molecule has 1 aliphatic heterocycles. The normalized spacial score (nSPS) is 17.7. The monoisotopic (exact) mass is 250 g/mol. The molecule has 1 heterocycles. The van der Waals surface area contributed by atoms with Gasteiger partial charge in [-0.2, -0.15) is 0 Å². The number of aliphatic imine (C=N–C) groups is 1. The van der Waals surface area contributed by atoms with Gasteiger partial charge in [-0.3, -0.25) is 0 Å². The second-order valence-corrected chi connectivity index (χ2v) is 4.06. The lowest BCUT2D eigenvalue weighted by molar-refractivity contribution is 0.0692. The van der Waals surface area contributed by atoms with Crippen LogP contribution in [0.3, 0.4) is 0 Å². The minimum Gasteiger partial charge on any atom is -0.378 e. The smallest absolute Gasteiger partial charge is 0.198 e. The first-order valence-electron chi connectivity index (χ1n) is 5.64. The first-order chi connectivity index (χ1) is 8.36. The molecule has 1 aliphatic rings. The molecular weight excluding hydrogens is 236 g/mol. The average Bonchev–Trinajstić information content (AvgIpc) is 2.41. The van der Waals surface area contributed by atoms with Gasteiger partial charge >= 0.3 is 0 Å². The molecule has 0 saturated carbocycles. The van der Waals surface area contributed by atoms with Crippen molar-refractivity contribution in [1.82, 2.24) is 4.90 Å². The molecule has 1 aromatic carbocycles. The van der Waals surface area contributed by atoms with Crippen LogP contribution in [-0.4, -0.2) is 36.5 Å². The van der Waals surface area contributed by atoms with Crippen molar-refractivity contribution in [1.29, 1.82) is 0 Å². The van der Waals surface area contributed by atoms with E-state index < -0.39 is 0 Å². The van der Waals surface area contributed by atoms with E-state index in [-0.39, 0.29) is 0 Å². The van der Waals surface area contributed by atoms with Gasteiger partial charge in [-0.05, 0) is 23.2 Å². The summed E-state index contributed by atoms with van der Waals surface area (Å²) in [4.78, 5) is 6.23. The fourth-order valence-electron chi connectivity index (χ4n) is 1.58. The summed E-state index contributed by atoms with van der Waals surface area (Å²) in [6.45, 7) is 3.05. The first kappa shape index (κ1) is 12.1. The molecular formula is C13H15ClN2O. The maximum Gasteiger partial charge on any atom is 0.198 e. The summed E-state index contributed by atoms with van der Waals surface area (Å²) in [6.07, 6.45) is 3.66. The summed E-state index contributed by atoms with van der Waals surface area (Å²) in [5.74, 6) is 0. The molecule has 0 radical (unpaired) electrons. The molecule has 0 atom stereocenters. The molecule has 1 fully saturated rings. The molecule has 4 heteroatoms. The quantitative estimate of drug-likeness (QED) is 0.458. The maximum atomic E-state index is 6.09. The number of ether oxygens (including phenoxy) is 1. The maximum absolute atomic E-state index is 6.09. The van der Waals surface area contributed by atoms with Crippen LogP contribution >= 0.6 is 11.6 Å². The molecule has 0 unspecified atom stereocenters. The third kappa shape index (κ3) is 3.88. The van der Waals surface area contributed by atoms with E-state index in [1.54, 1.807) is 6.20 Å². The van der Waals surface area contributed by atoms with Crippen LogP contribution < -0.4 is 0 Å². The third-order valence-corrected chi connectivity index (χ3v) is 2.86. The van der Waals surface area contributed by atoms with E-state index >= 15 is 0 Å². The van der Waals surface area contributed by atoms with Gasteiger partial charge in [0, 0.05) is 19.3 Å². The standard InChI is InChI=1S/C13H15ClN2O/c14-13(16-8-10-17-11-9-16)15-7-6-12-4-2-1-3-5-12/h1-7H,8-11H2/b7-6+,15-13?. The number of rotatable bonds is 2. The highest BCUT2D eigenvalue weighted by Crippen LogP contribution is 2.05. The van der Waals surface area contributed by atoms with Crippen molar-refractivity contribution < 1.29 is 4.74 Å². The van der Waals surface area contributed by atoms with Crippen molar-refractivity contribution in [2.75, 3.05) is 26.3 Å². The summed E-state index contributed by atoms with van der Waals surface area (Å²) in [7, 11) is 0. The topological polar surface area (TPSA) is 24.8 Å². The van der Waals surface area contributed by atoms with Crippen molar-refractivity contribution in [2.24, 2.45) is 4.99 Å². The SMILES string of the molecule is ClC(=N/C=C/c1ccccc1)N1CCOCC1. The van der Waals surface area contributed by atoms with Crippen molar-refractivity contribution >= 4 is 23.0 Å². The highest BCUT2D eigenvalue weighted by Gasteiger charge is 2.11. The fraction of sp³-hybridized carbons (Fsp3) is 0.308. The highest BCUT2D eigenvalue weighted by molar-refractivity contribution is 6.64. The predicted molar refractivity (Wildman–Crippen MR) is 71.2 cm³/mol. The van der Waals surface area contributed by atoms with Crippen LogP contribution in [0.25, 0.3) is 6.08 Å². The largest absolute Gasteiger partial charge is 0.378 e. The number of nitrogens with zero attached hydrogens (tertiary/aromatic N) is 2. The van der Waals surface area contributed by atoms with Gasteiger partial charge in [-0.25, -0.2) is 4.99 Å². The van der Waals surface area contributed by atoms with Crippen LogP contribution in [0.1, 0.15) is 5.56 Å². The van der Waals surface area contributed by atoms with E-state index in [1.807, 2.05) is 41.3 Å². The molecule has 0 N–H and O–H groups in total. The molecule has 0 amide bonds. The number of morpholine rings is 1. The lowest BCUT2D eigenvalue weighted by Gasteiger charge is -2.26. The van der Waals surface area contributed by atoms with Crippen LogP contribution in [0, 0.1) is 0 Å². The number of halogens is 1. The van der Waals surface area contributed by atoms with Crippen molar-refractivity contribution in [3.8, 4) is 0 Å². The summed E-state index contributed by atoms with van der Waals surface area (Å²) in [5.41, 5.74) is 1.11. The zero-order valence-corrected chi connectivity index (χ0v) is 10.3. The summed E-state index contributed by atoms with van der Waals surface area (Å²) < 4.78 is 5.25. The number of amidine groups is 1. The van der Waals surface area contributed by atoms with Crippen LogP contribution in [0.2, 0.25) is 0 Å². The number of hydrogen-bond acceptors (Lipinski definition) is 2. The van der Waals surface area contributed by atoms with Crippen molar-refractivity contribution in [3.05, 3.63) is 42.1 Å². The van der Waals surface area contributed by atoms with Gasteiger partial charge in [0.15, 0.2) is 5.29 Å². The van der Waals surface area contributed by atoms with Crippen LogP contribution in [-0.2, 0) is 4.74 Å². The lowest BCUT2D eigenvalue weighted by Crippen LogP contribution is -2.38. The van der Waals surface area contributed by atoms with E-state index in [1.165, 1.54) is 0 Å². The molecule has 17 heavy (non-hydrogen) atoms. The molecule has 0 aliphatic carbocycles. The Morgan fingerprint density at radius 3 is 2.65 bits per heavy atom. The van der Waals surface area contributed by atoms with Crippen LogP contribution in [0.5, 0.6) is 0 Å². The van der Waals surface area contributed by atoms with Crippen molar-refractivity contribution in [3.63, 3.8) is 0 Å². The third-order valence-electron chi connectivity index (χ3n) is 2.52. The molecule has 3 nitrogen and oxygen atoms in total. The lowest BCUT2D eigenvalue weighted by atomic mass is 10.2. The van der Waals surface area contributed by atoms with E-state index in [0.29, 0.717) is 18.5 Å². The minimum atomic E-state index is 0.528. The van der Waals surface area contributed by atoms with Crippen LogP contribution in [0.15, 0.2) is 41.5 Å². The van der Waals surface area contributed by atoms with Gasteiger partial charge in [0.1, 0.15) is 0 Å². The summed E-state index contributed by atoms with van der Waals surface area (Å²) in [5, 5.41) is 0.528. The van der Waals surface area contributed by atoms with Gasteiger partial charge in [-0.15, -0.1) is 0 Å². The average molecular weight is 251 g/mol. The summed E-state index contributed by atoms with van der Waals surface area (Å²) >= 11 is 6.09. The van der Waals surface area contributed by atoms with Gasteiger partial charge in [0.25, 0.3) is 0 Å². The van der Waals surface area contributed by atoms with E-state index in [2.05, 4.69) is 4.99 Å². The van der Waals surface area contributed by atoms with Crippen LogP contribution in [0.4, 0.5) is 0 Å². The Kier molecular flexibility index (Phi) is 4.59. The first-order valence-corrected chi connectivity index (χ1v) is 6.01.